The molecule has 1 aliphatic carbocycles. The van der Waals surface area contributed by atoms with Crippen LogP contribution in [0.2, 0.25) is 0 Å². The van der Waals surface area contributed by atoms with Crippen LogP contribution in [0.25, 0.3) is 22.0 Å². The molecule has 0 bridgehead atoms. The van der Waals surface area contributed by atoms with Crippen molar-refractivity contribution in [2.45, 2.75) is 12.8 Å². The Morgan fingerprint density at radius 2 is 1.47 bits per heavy atom. The van der Waals surface area contributed by atoms with E-state index in [1.807, 2.05) is 6.07 Å². The lowest BCUT2D eigenvalue weighted by Crippen LogP contribution is -2.47. The number of fused-ring (bicyclic) bond motifs is 5. The van der Waals surface area contributed by atoms with Crippen LogP contribution in [-0.4, -0.2) is 55.4 Å². The van der Waals surface area contributed by atoms with E-state index < -0.39 is 0 Å². The third-order valence-corrected chi connectivity index (χ3v) is 7.06. The lowest BCUT2D eigenvalue weighted by molar-refractivity contribution is 0.354. The molecule has 1 fully saturated rings. The maximum Gasteiger partial charge on any atom is 0.225 e. The van der Waals surface area contributed by atoms with E-state index in [9.17, 15) is 0 Å². The molecule has 2 aromatic carbocycles. The number of pyridine rings is 1. The fourth-order valence-corrected chi connectivity index (χ4v) is 5.34. The summed E-state index contributed by atoms with van der Waals surface area (Å²) in [5.74, 6) is 3.54. The summed E-state index contributed by atoms with van der Waals surface area (Å²) in [6.07, 6.45) is 3.60. The fraction of sp³-hybridized carbons (Fsp3) is 0.296. The number of methoxy groups -OCH3 is 2. The molecule has 1 atom stereocenters. The molecule has 6 rings (SSSR count). The van der Waals surface area contributed by atoms with Gasteiger partial charge in [-0.2, -0.15) is 0 Å². The molecular weight excluding hydrogens is 426 g/mol. The van der Waals surface area contributed by atoms with Gasteiger partial charge in [-0.15, -0.1) is 0 Å². The smallest absolute Gasteiger partial charge is 0.225 e. The predicted octanol–water partition coefficient (Wildman–Crippen LogP) is 4.50. The molecule has 0 saturated carbocycles. The van der Waals surface area contributed by atoms with Gasteiger partial charge >= 0.3 is 0 Å². The van der Waals surface area contributed by atoms with E-state index in [1.165, 1.54) is 21.9 Å². The van der Waals surface area contributed by atoms with Gasteiger partial charge < -0.3 is 19.3 Å². The lowest BCUT2D eigenvalue weighted by atomic mass is 9.95. The Kier molecular flexibility index (Phi) is 4.98. The Balaban J connectivity index is 1.44. The average Bonchev–Trinajstić information content (AvgIpc) is 3.18. The highest BCUT2D eigenvalue weighted by Crippen LogP contribution is 2.51. The molecule has 1 aliphatic heterocycles. The van der Waals surface area contributed by atoms with E-state index in [0.29, 0.717) is 0 Å². The SMILES string of the molecule is COc1cc2c(cc1OC)C(C)c1c-2nc(N2CCN(c3ncccn3)CC2)c2ccccc12. The van der Waals surface area contributed by atoms with Crippen LogP contribution in [0.1, 0.15) is 24.0 Å². The molecule has 0 spiro atoms. The van der Waals surface area contributed by atoms with E-state index >= 15 is 0 Å². The average molecular weight is 454 g/mol. The molecule has 0 radical (unpaired) electrons. The van der Waals surface area contributed by atoms with Gasteiger partial charge in [-0.05, 0) is 34.7 Å². The highest BCUT2D eigenvalue weighted by Gasteiger charge is 2.33. The van der Waals surface area contributed by atoms with Crippen molar-refractivity contribution in [2.24, 2.45) is 0 Å². The van der Waals surface area contributed by atoms with Gasteiger partial charge in [-0.3, -0.25) is 0 Å². The maximum atomic E-state index is 5.62. The van der Waals surface area contributed by atoms with Gasteiger partial charge in [0.2, 0.25) is 5.95 Å². The highest BCUT2D eigenvalue weighted by atomic mass is 16.5. The second kappa shape index (κ2) is 8.17. The molecule has 1 saturated heterocycles. The van der Waals surface area contributed by atoms with Crippen molar-refractivity contribution in [3.63, 3.8) is 0 Å². The van der Waals surface area contributed by atoms with E-state index in [1.54, 1.807) is 26.6 Å². The second-order valence-corrected chi connectivity index (χ2v) is 8.78. The minimum Gasteiger partial charge on any atom is -0.493 e. The van der Waals surface area contributed by atoms with Crippen molar-refractivity contribution < 1.29 is 9.47 Å². The molecular formula is C27H27N5O2. The van der Waals surface area contributed by atoms with Gasteiger partial charge in [0, 0.05) is 55.4 Å². The summed E-state index contributed by atoms with van der Waals surface area (Å²) in [6, 6.07) is 14.7. The Labute approximate surface area is 199 Å². The number of anilines is 2. The van der Waals surface area contributed by atoms with Crippen molar-refractivity contribution in [1.82, 2.24) is 15.0 Å². The Morgan fingerprint density at radius 3 is 2.18 bits per heavy atom. The van der Waals surface area contributed by atoms with Gasteiger partial charge in [0.05, 0.1) is 19.9 Å². The molecule has 0 N–H and O–H groups in total. The third kappa shape index (κ3) is 3.15. The summed E-state index contributed by atoms with van der Waals surface area (Å²) >= 11 is 0. The number of aromatic nitrogens is 3. The molecule has 3 heterocycles. The van der Waals surface area contributed by atoms with Crippen LogP contribution in [0.3, 0.4) is 0 Å². The molecule has 7 heteroatoms. The number of hydrogen-bond donors (Lipinski definition) is 0. The second-order valence-electron chi connectivity index (χ2n) is 8.78. The molecule has 172 valence electrons. The number of benzene rings is 2. The minimum absolute atomic E-state index is 0.225. The standard InChI is InChI=1S/C27H27N5O2/c1-17-20-15-22(33-2)23(34-3)16-21(20)25-24(17)18-7-4-5-8-19(18)26(30-25)31-11-13-32(14-12-31)27-28-9-6-10-29-27/h4-10,15-17H,11-14H2,1-3H3. The molecule has 0 amide bonds. The zero-order valence-corrected chi connectivity index (χ0v) is 19.7. The molecule has 2 aromatic heterocycles. The number of piperazine rings is 1. The van der Waals surface area contributed by atoms with Crippen molar-refractivity contribution in [3.05, 3.63) is 66.0 Å². The zero-order valence-electron chi connectivity index (χ0n) is 19.7. The van der Waals surface area contributed by atoms with Gasteiger partial charge in [0.25, 0.3) is 0 Å². The summed E-state index contributed by atoms with van der Waals surface area (Å²) in [6.45, 7) is 5.69. The van der Waals surface area contributed by atoms with Crippen LogP contribution < -0.4 is 19.3 Å². The molecule has 1 unspecified atom stereocenters. The summed E-state index contributed by atoms with van der Waals surface area (Å²) in [7, 11) is 3.36. The first-order valence-corrected chi connectivity index (χ1v) is 11.7. The van der Waals surface area contributed by atoms with E-state index in [0.717, 1.165) is 60.7 Å². The Bertz CT molecular complexity index is 1370. The van der Waals surface area contributed by atoms with Crippen LogP contribution in [0.5, 0.6) is 11.5 Å². The quantitative estimate of drug-likeness (QED) is 0.451. The van der Waals surface area contributed by atoms with Crippen LogP contribution in [0.15, 0.2) is 54.9 Å². The van der Waals surface area contributed by atoms with Crippen LogP contribution in [0, 0.1) is 0 Å². The molecule has 7 nitrogen and oxygen atoms in total. The van der Waals surface area contributed by atoms with Crippen LogP contribution >= 0.6 is 0 Å². The fourth-order valence-electron chi connectivity index (χ4n) is 5.34. The number of nitrogens with zero attached hydrogens (tertiary/aromatic N) is 5. The number of hydrogen-bond acceptors (Lipinski definition) is 7. The summed E-state index contributed by atoms with van der Waals surface area (Å²) in [4.78, 5) is 18.8. The van der Waals surface area contributed by atoms with Crippen molar-refractivity contribution in [3.8, 4) is 22.8 Å². The Morgan fingerprint density at radius 1 is 0.824 bits per heavy atom. The highest BCUT2D eigenvalue weighted by molar-refractivity contribution is 6.01. The van der Waals surface area contributed by atoms with Crippen molar-refractivity contribution in [2.75, 3.05) is 50.2 Å². The van der Waals surface area contributed by atoms with Gasteiger partial charge in [0.1, 0.15) is 5.82 Å². The first kappa shape index (κ1) is 20.7. The number of ether oxygens (including phenoxy) is 2. The molecule has 2 aliphatic rings. The summed E-state index contributed by atoms with van der Waals surface area (Å²) in [5.41, 5.74) is 4.68. The monoisotopic (exact) mass is 453 g/mol. The predicted molar refractivity (Wildman–Crippen MR) is 134 cm³/mol. The minimum atomic E-state index is 0.225. The lowest BCUT2D eigenvalue weighted by Gasteiger charge is -2.36. The largest absolute Gasteiger partial charge is 0.493 e. The maximum absolute atomic E-state index is 5.62. The van der Waals surface area contributed by atoms with Gasteiger partial charge in [0.15, 0.2) is 11.5 Å². The summed E-state index contributed by atoms with van der Waals surface area (Å²) < 4.78 is 11.2. The topological polar surface area (TPSA) is 63.6 Å². The zero-order chi connectivity index (χ0) is 23.2. The van der Waals surface area contributed by atoms with E-state index in [2.05, 4.69) is 63.1 Å². The normalized spacial score (nSPS) is 17.0. The first-order valence-electron chi connectivity index (χ1n) is 11.7. The van der Waals surface area contributed by atoms with Gasteiger partial charge in [-0.1, -0.05) is 31.2 Å². The Hall–Kier alpha value is -3.87. The van der Waals surface area contributed by atoms with Crippen LogP contribution in [-0.2, 0) is 0 Å². The molecule has 34 heavy (non-hydrogen) atoms. The third-order valence-electron chi connectivity index (χ3n) is 7.06. The first-order chi connectivity index (χ1) is 16.7. The molecule has 4 aromatic rings. The van der Waals surface area contributed by atoms with Crippen LogP contribution in [0.4, 0.5) is 11.8 Å². The van der Waals surface area contributed by atoms with Crippen molar-refractivity contribution in [1.29, 1.82) is 0 Å². The van der Waals surface area contributed by atoms with Crippen molar-refractivity contribution >= 4 is 22.5 Å². The summed E-state index contributed by atoms with van der Waals surface area (Å²) in [5, 5.41) is 2.46. The number of rotatable bonds is 4. The van der Waals surface area contributed by atoms with Gasteiger partial charge in [-0.25, -0.2) is 15.0 Å². The van der Waals surface area contributed by atoms with E-state index in [4.69, 9.17) is 14.5 Å². The van der Waals surface area contributed by atoms with E-state index in [-0.39, 0.29) is 5.92 Å².